The number of amides is 1. The Hall–Kier alpha value is -2.16. The molecule has 8 nitrogen and oxygen atoms in total. The summed E-state index contributed by atoms with van der Waals surface area (Å²) in [6.07, 6.45) is 0.938. The maximum absolute atomic E-state index is 12.5. The molecule has 1 aromatic carbocycles. The van der Waals surface area contributed by atoms with Crippen molar-refractivity contribution in [2.75, 3.05) is 32.1 Å². The van der Waals surface area contributed by atoms with Gasteiger partial charge in [0.2, 0.25) is 5.95 Å². The number of nitrogens with zero attached hydrogens (tertiary/aromatic N) is 2. The van der Waals surface area contributed by atoms with Gasteiger partial charge in [-0.15, -0.1) is 0 Å². The summed E-state index contributed by atoms with van der Waals surface area (Å²) in [4.78, 5) is 17.1. The smallest absolute Gasteiger partial charge is 0.251 e. The Labute approximate surface area is 160 Å². The molecule has 0 radical (unpaired) electrons. The SMILES string of the molecule is COCCNc1nc2cc(C(=O)NCCC3C(C)NNC3C)ccc2n1C. The number of aromatic nitrogens is 2. The Morgan fingerprint density at radius 1 is 1.26 bits per heavy atom. The molecule has 2 aromatic rings. The lowest BCUT2D eigenvalue weighted by Crippen LogP contribution is -2.30. The molecule has 0 bridgehead atoms. The van der Waals surface area contributed by atoms with Crippen LogP contribution in [0.2, 0.25) is 0 Å². The van der Waals surface area contributed by atoms with Crippen molar-refractivity contribution in [2.45, 2.75) is 32.4 Å². The summed E-state index contributed by atoms with van der Waals surface area (Å²) in [5.74, 6) is 1.21. The number of nitrogens with one attached hydrogen (secondary N) is 4. The molecular formula is C19H30N6O2. The summed E-state index contributed by atoms with van der Waals surface area (Å²) in [5.41, 5.74) is 8.91. The zero-order valence-corrected chi connectivity index (χ0v) is 16.5. The molecule has 2 atom stereocenters. The van der Waals surface area contributed by atoms with Gasteiger partial charge in [0.1, 0.15) is 0 Å². The van der Waals surface area contributed by atoms with Crippen LogP contribution in [0.4, 0.5) is 5.95 Å². The lowest BCUT2D eigenvalue weighted by atomic mass is 9.93. The van der Waals surface area contributed by atoms with Gasteiger partial charge in [0, 0.05) is 44.9 Å². The molecule has 4 N–H and O–H groups in total. The Balaban J connectivity index is 1.61. The average molecular weight is 374 g/mol. The van der Waals surface area contributed by atoms with Crippen LogP contribution in [0.5, 0.6) is 0 Å². The van der Waals surface area contributed by atoms with Crippen LogP contribution in [0.3, 0.4) is 0 Å². The second-order valence-corrected chi connectivity index (χ2v) is 7.19. The van der Waals surface area contributed by atoms with Crippen molar-refractivity contribution in [1.82, 2.24) is 25.7 Å². The monoisotopic (exact) mass is 374 g/mol. The van der Waals surface area contributed by atoms with Crippen molar-refractivity contribution in [2.24, 2.45) is 13.0 Å². The standard InChI is InChI=1S/C19H30N6O2/c1-12-15(13(2)24-23-12)7-8-20-18(26)14-5-6-17-16(11-14)22-19(25(17)3)21-9-10-27-4/h5-6,11-13,15,23-24H,7-10H2,1-4H3,(H,20,26)(H,21,22). The predicted molar refractivity (Wildman–Crippen MR) is 107 cm³/mol. The van der Waals surface area contributed by atoms with Gasteiger partial charge in [-0.1, -0.05) is 0 Å². The summed E-state index contributed by atoms with van der Waals surface area (Å²) in [5, 5.41) is 6.27. The number of benzene rings is 1. The third-order valence-electron chi connectivity index (χ3n) is 5.32. The number of rotatable bonds is 8. The minimum absolute atomic E-state index is 0.0596. The van der Waals surface area contributed by atoms with E-state index in [-0.39, 0.29) is 5.91 Å². The molecule has 148 valence electrons. The first kappa shape index (κ1) is 19.6. The largest absolute Gasteiger partial charge is 0.383 e. The van der Waals surface area contributed by atoms with Crippen molar-refractivity contribution >= 4 is 22.9 Å². The molecule has 27 heavy (non-hydrogen) atoms. The average Bonchev–Trinajstić information content (AvgIpc) is 3.15. The Morgan fingerprint density at radius 3 is 2.70 bits per heavy atom. The highest BCUT2D eigenvalue weighted by atomic mass is 16.5. The van der Waals surface area contributed by atoms with Crippen LogP contribution in [-0.2, 0) is 11.8 Å². The topological polar surface area (TPSA) is 92.2 Å². The van der Waals surface area contributed by atoms with Gasteiger partial charge in [-0.05, 0) is 44.4 Å². The molecule has 1 aliphatic heterocycles. The van der Waals surface area contributed by atoms with E-state index in [1.165, 1.54) is 0 Å². The van der Waals surface area contributed by atoms with E-state index >= 15 is 0 Å². The zero-order valence-electron chi connectivity index (χ0n) is 16.5. The Kier molecular flexibility index (Phi) is 6.30. The van der Waals surface area contributed by atoms with Crippen LogP contribution in [0, 0.1) is 5.92 Å². The van der Waals surface area contributed by atoms with Crippen molar-refractivity contribution in [1.29, 1.82) is 0 Å². The molecule has 2 unspecified atom stereocenters. The molecule has 1 aliphatic rings. The Morgan fingerprint density at radius 2 is 2.00 bits per heavy atom. The highest BCUT2D eigenvalue weighted by molar-refractivity contribution is 5.97. The second kappa shape index (κ2) is 8.69. The molecule has 1 aromatic heterocycles. The van der Waals surface area contributed by atoms with Crippen molar-refractivity contribution in [3.8, 4) is 0 Å². The van der Waals surface area contributed by atoms with Crippen molar-refractivity contribution < 1.29 is 9.53 Å². The second-order valence-electron chi connectivity index (χ2n) is 7.19. The fourth-order valence-corrected chi connectivity index (χ4v) is 3.63. The van der Waals surface area contributed by atoms with Gasteiger partial charge < -0.3 is 19.9 Å². The van der Waals surface area contributed by atoms with Crippen LogP contribution in [0.1, 0.15) is 30.6 Å². The third-order valence-corrected chi connectivity index (χ3v) is 5.32. The number of anilines is 1. The van der Waals surface area contributed by atoms with Crippen LogP contribution in [0.15, 0.2) is 18.2 Å². The maximum Gasteiger partial charge on any atom is 0.251 e. The van der Waals surface area contributed by atoms with E-state index in [9.17, 15) is 4.79 Å². The van der Waals surface area contributed by atoms with Gasteiger partial charge in [0.25, 0.3) is 5.91 Å². The minimum Gasteiger partial charge on any atom is -0.383 e. The lowest BCUT2D eigenvalue weighted by molar-refractivity contribution is 0.0950. The fraction of sp³-hybridized carbons (Fsp3) is 0.579. The normalized spacial score (nSPS) is 22.3. The molecule has 1 fully saturated rings. The van der Waals surface area contributed by atoms with Gasteiger partial charge in [-0.25, -0.2) is 4.98 Å². The molecule has 0 spiro atoms. The maximum atomic E-state index is 12.5. The molecule has 1 amide bonds. The fourth-order valence-electron chi connectivity index (χ4n) is 3.63. The number of hydrazine groups is 1. The van der Waals surface area contributed by atoms with Gasteiger partial charge in [-0.3, -0.25) is 15.6 Å². The van der Waals surface area contributed by atoms with Crippen molar-refractivity contribution in [3.05, 3.63) is 23.8 Å². The van der Waals surface area contributed by atoms with Crippen LogP contribution >= 0.6 is 0 Å². The van der Waals surface area contributed by atoms with Gasteiger partial charge in [0.15, 0.2) is 0 Å². The number of hydrogen-bond acceptors (Lipinski definition) is 6. The zero-order chi connectivity index (χ0) is 19.4. The number of ether oxygens (including phenoxy) is 1. The molecule has 3 rings (SSSR count). The number of fused-ring (bicyclic) bond motifs is 1. The van der Waals surface area contributed by atoms with E-state index < -0.39 is 0 Å². The molecular weight excluding hydrogens is 344 g/mol. The molecule has 8 heteroatoms. The summed E-state index contributed by atoms with van der Waals surface area (Å²) >= 11 is 0. The van der Waals surface area contributed by atoms with Crippen LogP contribution in [-0.4, -0.2) is 54.3 Å². The van der Waals surface area contributed by atoms with E-state index in [0.717, 1.165) is 23.4 Å². The number of methoxy groups -OCH3 is 1. The van der Waals surface area contributed by atoms with Crippen LogP contribution in [0.25, 0.3) is 11.0 Å². The molecule has 1 saturated heterocycles. The van der Waals surface area contributed by atoms with E-state index in [2.05, 4.69) is 40.3 Å². The number of imidazole rings is 1. The number of carbonyl (C=O) groups is 1. The van der Waals surface area contributed by atoms with Gasteiger partial charge >= 0.3 is 0 Å². The van der Waals surface area contributed by atoms with Crippen molar-refractivity contribution in [3.63, 3.8) is 0 Å². The lowest BCUT2D eigenvalue weighted by Gasteiger charge is -2.17. The molecule has 0 aliphatic carbocycles. The van der Waals surface area contributed by atoms with E-state index in [1.54, 1.807) is 7.11 Å². The third kappa shape index (κ3) is 4.40. The molecule has 2 heterocycles. The first-order chi connectivity index (χ1) is 13.0. The number of carbonyl (C=O) groups excluding carboxylic acids is 1. The van der Waals surface area contributed by atoms with E-state index in [4.69, 9.17) is 4.74 Å². The summed E-state index contributed by atoms with van der Waals surface area (Å²) < 4.78 is 7.04. The number of aryl methyl sites for hydroxylation is 1. The summed E-state index contributed by atoms with van der Waals surface area (Å²) in [6.45, 7) is 6.28. The van der Waals surface area contributed by atoms with E-state index in [1.807, 2.05) is 29.8 Å². The van der Waals surface area contributed by atoms with Crippen LogP contribution < -0.4 is 21.5 Å². The summed E-state index contributed by atoms with van der Waals surface area (Å²) in [7, 11) is 3.62. The van der Waals surface area contributed by atoms with E-state index in [0.29, 0.717) is 43.3 Å². The number of hydrogen-bond donors (Lipinski definition) is 4. The summed E-state index contributed by atoms with van der Waals surface area (Å²) in [6, 6.07) is 6.45. The first-order valence-electron chi connectivity index (χ1n) is 9.49. The predicted octanol–water partition coefficient (Wildman–Crippen LogP) is 1.25. The quantitative estimate of drug-likeness (QED) is 0.520. The highest BCUT2D eigenvalue weighted by Crippen LogP contribution is 2.20. The Bertz CT molecular complexity index is 780. The highest BCUT2D eigenvalue weighted by Gasteiger charge is 2.29. The first-order valence-corrected chi connectivity index (χ1v) is 9.49. The van der Waals surface area contributed by atoms with Gasteiger partial charge in [0.05, 0.1) is 17.6 Å². The molecule has 0 saturated carbocycles. The minimum atomic E-state index is -0.0596. The van der Waals surface area contributed by atoms with Gasteiger partial charge in [-0.2, -0.15) is 0 Å².